The Morgan fingerprint density at radius 3 is 2.73 bits per heavy atom. The number of benzene rings is 2. The molecular weight excluding hydrogens is 440 g/mol. The van der Waals surface area contributed by atoms with Crippen LogP contribution in [0.15, 0.2) is 65.7 Å². The maximum Gasteiger partial charge on any atom is 0.158 e. The Morgan fingerprint density at radius 1 is 1.10 bits per heavy atom. The van der Waals surface area contributed by atoms with Gasteiger partial charge in [-0.25, -0.2) is 9.50 Å². The van der Waals surface area contributed by atoms with Gasteiger partial charge in [0.2, 0.25) is 0 Å². The zero-order valence-corrected chi connectivity index (χ0v) is 18.1. The number of halogens is 1. The molecule has 0 aliphatic carbocycles. The summed E-state index contributed by atoms with van der Waals surface area (Å²) < 4.78 is 4.72. The second kappa shape index (κ2) is 7.57. The highest BCUT2D eigenvalue weighted by molar-refractivity contribution is 9.10. The number of rotatable bonds is 5. The summed E-state index contributed by atoms with van der Waals surface area (Å²) in [5, 5.41) is 13.5. The van der Waals surface area contributed by atoms with Gasteiger partial charge in [-0.3, -0.25) is 4.68 Å². The molecular formula is C23H20BrN6. The Balaban J connectivity index is 1.50. The lowest BCUT2D eigenvalue weighted by atomic mass is 10.1. The minimum Gasteiger partial charge on any atom is -0.338 e. The van der Waals surface area contributed by atoms with Gasteiger partial charge in [0.25, 0.3) is 0 Å². The van der Waals surface area contributed by atoms with Gasteiger partial charge in [-0.2, -0.15) is 10.2 Å². The van der Waals surface area contributed by atoms with Crippen LogP contribution in [0.2, 0.25) is 0 Å². The molecule has 1 radical (unpaired) electrons. The van der Waals surface area contributed by atoms with Crippen molar-refractivity contribution in [3.63, 3.8) is 0 Å². The van der Waals surface area contributed by atoms with Crippen LogP contribution in [0.4, 0.5) is 11.5 Å². The van der Waals surface area contributed by atoms with Crippen molar-refractivity contribution in [1.82, 2.24) is 24.4 Å². The van der Waals surface area contributed by atoms with Crippen LogP contribution in [-0.2, 0) is 13.0 Å². The largest absolute Gasteiger partial charge is 0.338 e. The number of hydrogen-bond donors (Lipinski definition) is 1. The molecule has 0 saturated carbocycles. The first-order valence-electron chi connectivity index (χ1n) is 9.78. The third kappa shape index (κ3) is 3.15. The molecule has 30 heavy (non-hydrogen) atoms. The van der Waals surface area contributed by atoms with Crippen molar-refractivity contribution in [3.05, 3.63) is 89.3 Å². The van der Waals surface area contributed by atoms with Gasteiger partial charge in [0.1, 0.15) is 16.4 Å². The summed E-state index contributed by atoms with van der Waals surface area (Å²) in [4.78, 5) is 4.49. The van der Waals surface area contributed by atoms with Crippen molar-refractivity contribution in [1.29, 1.82) is 0 Å². The number of anilines is 2. The normalized spacial score (nSPS) is 11.4. The van der Waals surface area contributed by atoms with Gasteiger partial charge in [-0.1, -0.05) is 37.3 Å². The van der Waals surface area contributed by atoms with Crippen LogP contribution in [0.3, 0.4) is 0 Å². The lowest BCUT2D eigenvalue weighted by molar-refractivity contribution is 0.712. The number of hydrogen-bond acceptors (Lipinski definition) is 4. The first-order valence-corrected chi connectivity index (χ1v) is 10.6. The lowest BCUT2D eigenvalue weighted by Crippen LogP contribution is -2.02. The molecule has 0 bridgehead atoms. The molecule has 0 aliphatic heterocycles. The lowest BCUT2D eigenvalue weighted by Gasteiger charge is -2.09. The summed E-state index contributed by atoms with van der Waals surface area (Å²) in [5.41, 5.74) is 6.28. The molecule has 0 aliphatic rings. The predicted molar refractivity (Wildman–Crippen MR) is 123 cm³/mol. The third-order valence-corrected chi connectivity index (χ3v) is 6.12. The Morgan fingerprint density at radius 2 is 1.93 bits per heavy atom. The molecule has 0 fully saturated rings. The van der Waals surface area contributed by atoms with Crippen molar-refractivity contribution in [3.8, 4) is 0 Å². The van der Waals surface area contributed by atoms with Crippen molar-refractivity contribution in [2.75, 3.05) is 5.32 Å². The van der Waals surface area contributed by atoms with Gasteiger partial charge in [0.15, 0.2) is 5.82 Å². The first kappa shape index (κ1) is 18.8. The average Bonchev–Trinajstić information content (AvgIpc) is 3.28. The van der Waals surface area contributed by atoms with Crippen LogP contribution in [0, 0.1) is 6.92 Å². The molecule has 0 atom stereocenters. The number of nitrogens with one attached hydrogen (secondary N) is 1. The van der Waals surface area contributed by atoms with Gasteiger partial charge in [-0.05, 0) is 64.2 Å². The topological polar surface area (TPSA) is 60.0 Å². The Kier molecular flexibility index (Phi) is 4.75. The maximum absolute atomic E-state index is 4.58. The third-order valence-electron chi connectivity index (χ3n) is 5.31. The second-order valence-electron chi connectivity index (χ2n) is 7.16. The quantitative estimate of drug-likeness (QED) is 0.383. The Labute approximate surface area is 182 Å². The number of nitrogens with zero attached hydrogens (tertiary/aromatic N) is 5. The predicted octanol–water partition coefficient (Wildman–Crippen LogP) is 5.38. The summed E-state index contributed by atoms with van der Waals surface area (Å²) in [6, 6.07) is 16.6. The van der Waals surface area contributed by atoms with E-state index in [1.807, 2.05) is 33.6 Å². The molecule has 5 rings (SSSR count). The fourth-order valence-electron chi connectivity index (χ4n) is 3.83. The summed E-state index contributed by atoms with van der Waals surface area (Å²) in [7, 11) is 0. The van der Waals surface area contributed by atoms with E-state index in [0.717, 1.165) is 56.6 Å². The van der Waals surface area contributed by atoms with Gasteiger partial charge in [0.05, 0.1) is 18.3 Å². The van der Waals surface area contributed by atoms with Crippen LogP contribution < -0.4 is 5.32 Å². The molecule has 5 aromatic rings. The fourth-order valence-corrected chi connectivity index (χ4v) is 4.33. The summed E-state index contributed by atoms with van der Waals surface area (Å²) in [5.74, 6) is 0.758. The molecule has 3 heterocycles. The van der Waals surface area contributed by atoms with Crippen molar-refractivity contribution in [2.45, 2.75) is 19.9 Å². The summed E-state index contributed by atoms with van der Waals surface area (Å²) in [6.45, 7) is 7.04. The van der Waals surface area contributed by atoms with Gasteiger partial charge >= 0.3 is 0 Å². The van der Waals surface area contributed by atoms with Crippen molar-refractivity contribution in [2.24, 2.45) is 0 Å². The average molecular weight is 460 g/mol. The number of aromatic nitrogens is 5. The number of fused-ring (bicyclic) bond motifs is 2. The van der Waals surface area contributed by atoms with Gasteiger partial charge in [0, 0.05) is 11.1 Å². The highest BCUT2D eigenvalue weighted by atomic mass is 79.9. The minimum atomic E-state index is 0.744. The molecule has 2 aromatic carbocycles. The highest BCUT2D eigenvalue weighted by Gasteiger charge is 2.17. The first-order chi connectivity index (χ1) is 14.7. The minimum absolute atomic E-state index is 0.744. The van der Waals surface area contributed by atoms with E-state index in [1.54, 1.807) is 6.33 Å². The van der Waals surface area contributed by atoms with Crippen molar-refractivity contribution < 1.29 is 0 Å². The SMILES string of the molecule is [CH2]c1c(CC)c2c(Nc3ccc4c(cnn4Cc4ccccc4)c3)ncnn2c1Br. The van der Waals surface area contributed by atoms with E-state index < -0.39 is 0 Å². The van der Waals surface area contributed by atoms with E-state index in [-0.39, 0.29) is 0 Å². The summed E-state index contributed by atoms with van der Waals surface area (Å²) in [6.07, 6.45) is 4.30. The fraction of sp³-hybridized carbons (Fsp3) is 0.130. The van der Waals surface area contributed by atoms with Crippen LogP contribution >= 0.6 is 15.9 Å². The molecule has 0 saturated heterocycles. The van der Waals surface area contributed by atoms with E-state index in [1.165, 1.54) is 5.56 Å². The molecule has 1 N–H and O–H groups in total. The highest BCUT2D eigenvalue weighted by Crippen LogP contribution is 2.32. The van der Waals surface area contributed by atoms with Gasteiger partial charge in [-0.15, -0.1) is 0 Å². The standard InChI is InChI=1S/C23H20BrN6/c1-3-19-15(2)22(24)30-21(19)23(25-14-27-30)28-18-9-10-20-17(11-18)12-26-29(20)13-16-7-5-4-6-8-16/h4-12,14H,2-3,13H2,1H3,(H,25,27,28). The Hall–Kier alpha value is -3.19. The van der Waals surface area contributed by atoms with E-state index in [0.29, 0.717) is 0 Å². The molecule has 6 nitrogen and oxygen atoms in total. The molecule has 149 valence electrons. The van der Waals surface area contributed by atoms with E-state index in [4.69, 9.17) is 0 Å². The molecule has 0 amide bonds. The van der Waals surface area contributed by atoms with Crippen molar-refractivity contribution >= 4 is 43.9 Å². The van der Waals surface area contributed by atoms with Crippen LogP contribution in [0.5, 0.6) is 0 Å². The van der Waals surface area contributed by atoms with E-state index in [9.17, 15) is 0 Å². The monoisotopic (exact) mass is 459 g/mol. The molecule has 3 aromatic heterocycles. The zero-order valence-electron chi connectivity index (χ0n) is 16.5. The molecule has 0 unspecified atom stereocenters. The van der Waals surface area contributed by atoms with Crippen LogP contribution in [-0.4, -0.2) is 24.4 Å². The van der Waals surface area contributed by atoms with E-state index >= 15 is 0 Å². The van der Waals surface area contributed by atoms with Gasteiger partial charge < -0.3 is 5.32 Å². The van der Waals surface area contributed by atoms with E-state index in [2.05, 4.69) is 80.6 Å². The summed E-state index contributed by atoms with van der Waals surface area (Å²) >= 11 is 3.60. The number of aryl methyl sites for hydroxylation is 1. The molecule has 7 heteroatoms. The second-order valence-corrected chi connectivity index (χ2v) is 7.91. The van der Waals surface area contributed by atoms with Crippen LogP contribution in [0.1, 0.15) is 23.6 Å². The zero-order chi connectivity index (χ0) is 20.7. The van der Waals surface area contributed by atoms with Crippen LogP contribution in [0.25, 0.3) is 16.4 Å². The Bertz CT molecular complexity index is 1350. The smallest absolute Gasteiger partial charge is 0.158 e. The molecule has 0 spiro atoms. The maximum atomic E-state index is 4.58.